The van der Waals surface area contributed by atoms with Crippen molar-refractivity contribution in [1.29, 1.82) is 0 Å². The molecule has 0 bridgehead atoms. The van der Waals surface area contributed by atoms with Crippen LogP contribution in [-0.4, -0.2) is 19.4 Å². The largest absolute Gasteiger partial charge is 0.289 e. The number of hydrogen-bond acceptors (Lipinski definition) is 4. The van der Waals surface area contributed by atoms with Crippen molar-refractivity contribution in [3.63, 3.8) is 0 Å². The monoisotopic (exact) mass is 257 g/mol. The van der Waals surface area contributed by atoms with Crippen LogP contribution in [0.1, 0.15) is 13.3 Å². The van der Waals surface area contributed by atoms with E-state index in [1.807, 2.05) is 0 Å². The number of nitro groups is 1. The number of para-hydroxylation sites is 1. The third-order valence-electron chi connectivity index (χ3n) is 2.14. The van der Waals surface area contributed by atoms with E-state index in [4.69, 9.17) is 0 Å². The second kappa shape index (κ2) is 5.24. The Bertz CT molecular complexity index is 513. The number of nitro benzene ring substituents is 1. The highest BCUT2D eigenvalue weighted by Crippen LogP contribution is 2.22. The molecule has 0 aliphatic rings. The highest BCUT2D eigenvalue weighted by Gasteiger charge is 2.25. The summed E-state index contributed by atoms with van der Waals surface area (Å²) in [5.74, 6) is 0. The van der Waals surface area contributed by atoms with E-state index in [1.165, 1.54) is 18.2 Å². The Balaban J connectivity index is 3.20. The molecule has 0 spiro atoms. The van der Waals surface area contributed by atoms with Gasteiger partial charge in [0.05, 0.1) is 4.92 Å². The zero-order valence-corrected chi connectivity index (χ0v) is 10.1. The van der Waals surface area contributed by atoms with Crippen LogP contribution in [-0.2, 0) is 10.0 Å². The van der Waals surface area contributed by atoms with Crippen molar-refractivity contribution in [2.45, 2.75) is 24.3 Å². The van der Waals surface area contributed by atoms with Crippen molar-refractivity contribution in [1.82, 2.24) is 4.72 Å². The summed E-state index contributed by atoms with van der Waals surface area (Å²) >= 11 is 0. The van der Waals surface area contributed by atoms with Crippen molar-refractivity contribution in [3.05, 3.63) is 41.3 Å². The van der Waals surface area contributed by atoms with Crippen LogP contribution in [0.4, 0.5) is 5.69 Å². The quantitative estimate of drug-likeness (QED) is 0.639. The first-order chi connectivity index (χ1) is 7.88. The Kier molecular flexibility index (Phi) is 4.19. The summed E-state index contributed by atoms with van der Waals surface area (Å²) in [5, 5.41) is 10.7. The Morgan fingerprint density at radius 1 is 1.47 bits per heavy atom. The lowest BCUT2D eigenvalue weighted by Gasteiger charge is -2.11. The van der Waals surface area contributed by atoms with Gasteiger partial charge in [0.1, 0.15) is 0 Å². The SMILES string of the molecule is [CH2]C[C@@H](C)NS(=O)(=O)c1ccccc1[N+](=O)[O-]. The molecule has 0 saturated carbocycles. The third-order valence-corrected chi connectivity index (χ3v) is 3.78. The molecule has 0 saturated heterocycles. The van der Waals surface area contributed by atoms with Gasteiger partial charge < -0.3 is 0 Å². The van der Waals surface area contributed by atoms with Crippen LogP contribution in [0.2, 0.25) is 0 Å². The minimum atomic E-state index is -3.88. The minimum Gasteiger partial charge on any atom is -0.258 e. The molecule has 0 aromatic heterocycles. The average Bonchev–Trinajstić information content (AvgIpc) is 2.28. The van der Waals surface area contributed by atoms with Crippen LogP contribution < -0.4 is 4.72 Å². The van der Waals surface area contributed by atoms with Gasteiger partial charge in [-0.1, -0.05) is 19.1 Å². The average molecular weight is 257 g/mol. The summed E-state index contributed by atoms with van der Waals surface area (Å²) in [5.41, 5.74) is -0.434. The van der Waals surface area contributed by atoms with Gasteiger partial charge in [0, 0.05) is 12.1 Å². The number of rotatable bonds is 5. The van der Waals surface area contributed by atoms with Crippen molar-refractivity contribution < 1.29 is 13.3 Å². The smallest absolute Gasteiger partial charge is 0.258 e. The maximum Gasteiger partial charge on any atom is 0.289 e. The van der Waals surface area contributed by atoms with E-state index in [1.54, 1.807) is 6.92 Å². The summed E-state index contributed by atoms with van der Waals surface area (Å²) in [6.07, 6.45) is 0.361. The van der Waals surface area contributed by atoms with Gasteiger partial charge in [-0.2, -0.15) is 0 Å². The molecule has 1 aromatic rings. The summed E-state index contributed by atoms with van der Waals surface area (Å²) in [6.45, 7) is 5.20. The molecule has 1 aromatic carbocycles. The Hall–Kier alpha value is -1.47. The number of sulfonamides is 1. The summed E-state index contributed by atoms with van der Waals surface area (Å²) < 4.78 is 26.1. The van der Waals surface area contributed by atoms with Crippen LogP contribution in [0.5, 0.6) is 0 Å². The van der Waals surface area contributed by atoms with Gasteiger partial charge in [-0.15, -0.1) is 0 Å². The molecule has 0 unspecified atom stereocenters. The zero-order chi connectivity index (χ0) is 13.1. The number of nitrogens with one attached hydrogen (secondary N) is 1. The fourth-order valence-electron chi connectivity index (χ4n) is 1.22. The van der Waals surface area contributed by atoms with E-state index >= 15 is 0 Å². The Labute approximate surface area is 99.9 Å². The molecule has 1 atom stereocenters. The number of hydrogen-bond donors (Lipinski definition) is 1. The lowest BCUT2D eigenvalue weighted by atomic mass is 10.3. The van der Waals surface area contributed by atoms with Crippen molar-refractivity contribution in [3.8, 4) is 0 Å². The standard InChI is InChI=1S/C10H13N2O4S/c1-3-8(2)11-17(15,16)10-7-5-4-6-9(10)12(13)14/h4-8,11H,1,3H2,2H3/t8-/m1/s1. The third kappa shape index (κ3) is 3.24. The van der Waals surface area contributed by atoms with Crippen molar-refractivity contribution in [2.24, 2.45) is 0 Å². The van der Waals surface area contributed by atoms with Crippen LogP contribution in [0.15, 0.2) is 29.2 Å². The van der Waals surface area contributed by atoms with Crippen molar-refractivity contribution >= 4 is 15.7 Å². The van der Waals surface area contributed by atoms with E-state index in [9.17, 15) is 18.5 Å². The molecule has 0 heterocycles. The number of benzene rings is 1. The maximum absolute atomic E-state index is 11.9. The molecule has 0 amide bonds. The van der Waals surface area contributed by atoms with Gasteiger partial charge in [0.25, 0.3) is 5.69 Å². The molecule has 93 valence electrons. The summed E-state index contributed by atoms with van der Waals surface area (Å²) in [6, 6.07) is 4.85. The van der Waals surface area contributed by atoms with Gasteiger partial charge in [0.15, 0.2) is 4.90 Å². The minimum absolute atomic E-state index is 0.328. The molecule has 0 aliphatic carbocycles. The molecule has 0 fully saturated rings. The van der Waals surface area contributed by atoms with Crippen molar-refractivity contribution in [2.75, 3.05) is 0 Å². The lowest BCUT2D eigenvalue weighted by Crippen LogP contribution is -2.32. The Morgan fingerprint density at radius 2 is 2.06 bits per heavy atom. The molecule has 6 nitrogen and oxygen atoms in total. The van der Waals surface area contributed by atoms with E-state index in [0.717, 1.165) is 6.07 Å². The second-order valence-electron chi connectivity index (χ2n) is 3.54. The fraction of sp³-hybridized carbons (Fsp3) is 0.300. The van der Waals surface area contributed by atoms with E-state index in [2.05, 4.69) is 11.6 Å². The highest BCUT2D eigenvalue weighted by molar-refractivity contribution is 7.89. The van der Waals surface area contributed by atoms with Gasteiger partial charge in [-0.05, 0) is 19.4 Å². The summed E-state index contributed by atoms with van der Waals surface area (Å²) in [7, 11) is -3.88. The predicted molar refractivity (Wildman–Crippen MR) is 62.9 cm³/mol. The van der Waals surface area contributed by atoms with E-state index in [0.29, 0.717) is 6.42 Å². The lowest BCUT2D eigenvalue weighted by molar-refractivity contribution is -0.387. The molecule has 1 rings (SSSR count). The fourth-order valence-corrected chi connectivity index (χ4v) is 2.67. The molecule has 7 heteroatoms. The predicted octanol–water partition coefficient (Wildman–Crippen LogP) is 1.49. The van der Waals surface area contributed by atoms with Crippen LogP contribution in [0.3, 0.4) is 0 Å². The van der Waals surface area contributed by atoms with Gasteiger partial charge in [-0.3, -0.25) is 10.1 Å². The van der Waals surface area contributed by atoms with E-state index < -0.39 is 20.6 Å². The van der Waals surface area contributed by atoms with Crippen LogP contribution >= 0.6 is 0 Å². The highest BCUT2D eigenvalue weighted by atomic mass is 32.2. The molecule has 1 N–H and O–H groups in total. The zero-order valence-electron chi connectivity index (χ0n) is 9.29. The second-order valence-corrected chi connectivity index (χ2v) is 5.22. The summed E-state index contributed by atoms with van der Waals surface area (Å²) in [4.78, 5) is 9.68. The first-order valence-electron chi connectivity index (χ1n) is 4.93. The van der Waals surface area contributed by atoms with Crippen LogP contribution in [0.25, 0.3) is 0 Å². The molecule has 0 aliphatic heterocycles. The first kappa shape index (κ1) is 13.6. The number of nitrogens with zero attached hydrogens (tertiary/aromatic N) is 1. The molecular formula is C10H13N2O4S. The topological polar surface area (TPSA) is 89.3 Å². The first-order valence-corrected chi connectivity index (χ1v) is 6.42. The maximum atomic E-state index is 11.9. The Morgan fingerprint density at radius 3 is 2.59 bits per heavy atom. The molecular weight excluding hydrogens is 244 g/mol. The van der Waals surface area contributed by atoms with Gasteiger partial charge in [-0.25, -0.2) is 13.1 Å². The van der Waals surface area contributed by atoms with Crippen LogP contribution in [0, 0.1) is 17.0 Å². The van der Waals surface area contributed by atoms with Gasteiger partial charge >= 0.3 is 0 Å². The normalized spacial score (nSPS) is 13.3. The molecule has 17 heavy (non-hydrogen) atoms. The van der Waals surface area contributed by atoms with E-state index in [-0.39, 0.29) is 10.9 Å². The van der Waals surface area contributed by atoms with Gasteiger partial charge in [0.2, 0.25) is 10.0 Å². The molecule has 1 radical (unpaired) electrons.